The van der Waals surface area contributed by atoms with Crippen molar-refractivity contribution in [3.63, 3.8) is 0 Å². The second kappa shape index (κ2) is 7.15. The zero-order valence-corrected chi connectivity index (χ0v) is 16.0. The average molecular weight is 372 g/mol. The van der Waals surface area contributed by atoms with Gasteiger partial charge in [-0.2, -0.15) is 0 Å². The van der Waals surface area contributed by atoms with Gasteiger partial charge in [0.05, 0.1) is 12.7 Å². The average Bonchev–Trinajstić information content (AvgIpc) is 2.68. The van der Waals surface area contributed by atoms with E-state index in [0.29, 0.717) is 29.8 Å². The minimum absolute atomic E-state index is 0.316. The van der Waals surface area contributed by atoms with Gasteiger partial charge < -0.3 is 20.1 Å². The highest BCUT2D eigenvalue weighted by atomic mass is 16.5. The first-order valence-electron chi connectivity index (χ1n) is 9.82. The SMILES string of the molecule is COc1ccc(NC(=O)C(=O)NCC2(OC)C3CC4CC(C3)CC2C4)cc1. The number of hydrogen-bond donors (Lipinski definition) is 2. The predicted molar refractivity (Wildman–Crippen MR) is 101 cm³/mol. The number of hydrogen-bond acceptors (Lipinski definition) is 4. The zero-order valence-electron chi connectivity index (χ0n) is 16.0. The predicted octanol–water partition coefficient (Wildman–Crippen LogP) is 2.59. The summed E-state index contributed by atoms with van der Waals surface area (Å²) < 4.78 is 11.1. The third kappa shape index (κ3) is 3.31. The minimum atomic E-state index is -0.657. The summed E-state index contributed by atoms with van der Waals surface area (Å²) in [4.78, 5) is 24.6. The molecule has 5 rings (SSSR count). The van der Waals surface area contributed by atoms with E-state index in [1.807, 2.05) is 0 Å². The van der Waals surface area contributed by atoms with Crippen LogP contribution in [0.15, 0.2) is 24.3 Å². The largest absolute Gasteiger partial charge is 0.497 e. The van der Waals surface area contributed by atoms with Gasteiger partial charge in [0.15, 0.2) is 0 Å². The van der Waals surface area contributed by atoms with E-state index < -0.39 is 11.8 Å². The normalized spacial score (nSPS) is 33.6. The molecular weight excluding hydrogens is 344 g/mol. The first kappa shape index (κ1) is 18.3. The Hall–Kier alpha value is -2.08. The molecule has 4 bridgehead atoms. The van der Waals surface area contributed by atoms with Crippen molar-refractivity contribution in [2.45, 2.75) is 37.7 Å². The molecule has 4 fully saturated rings. The van der Waals surface area contributed by atoms with E-state index in [1.54, 1.807) is 38.5 Å². The monoisotopic (exact) mass is 372 g/mol. The molecule has 0 saturated heterocycles. The number of methoxy groups -OCH3 is 2. The topological polar surface area (TPSA) is 76.7 Å². The van der Waals surface area contributed by atoms with Crippen LogP contribution in [0.5, 0.6) is 5.75 Å². The molecule has 0 atom stereocenters. The lowest BCUT2D eigenvalue weighted by Crippen LogP contribution is -2.63. The maximum Gasteiger partial charge on any atom is 0.313 e. The fraction of sp³-hybridized carbons (Fsp3) is 0.619. The van der Waals surface area contributed by atoms with E-state index in [-0.39, 0.29) is 5.60 Å². The van der Waals surface area contributed by atoms with Gasteiger partial charge in [-0.1, -0.05) is 0 Å². The van der Waals surface area contributed by atoms with Crippen LogP contribution in [0.25, 0.3) is 0 Å². The number of rotatable bonds is 5. The molecule has 0 unspecified atom stereocenters. The fourth-order valence-corrected chi connectivity index (χ4v) is 5.84. The molecule has 6 heteroatoms. The smallest absolute Gasteiger partial charge is 0.313 e. The number of ether oxygens (including phenoxy) is 2. The molecular formula is C21H28N2O4. The van der Waals surface area contributed by atoms with Gasteiger partial charge in [-0.3, -0.25) is 9.59 Å². The molecule has 6 nitrogen and oxygen atoms in total. The maximum atomic E-state index is 12.4. The summed E-state index contributed by atoms with van der Waals surface area (Å²) in [6.45, 7) is 0.410. The molecule has 146 valence electrons. The molecule has 4 aliphatic carbocycles. The fourth-order valence-electron chi connectivity index (χ4n) is 5.84. The molecule has 0 heterocycles. The standard InChI is InChI=1S/C21H28N2O4/c1-26-18-5-3-17(4-6-18)23-20(25)19(24)22-12-21(27-2)15-8-13-7-14(10-15)11-16(21)9-13/h3-6,13-16H,7-12H2,1-2H3,(H,22,24)(H,23,25). The lowest BCUT2D eigenvalue weighted by Gasteiger charge is -2.60. The Morgan fingerprint density at radius 3 is 2.07 bits per heavy atom. The second-order valence-corrected chi connectivity index (χ2v) is 8.33. The Balaban J connectivity index is 1.37. The maximum absolute atomic E-state index is 12.4. The van der Waals surface area contributed by atoms with Crippen molar-refractivity contribution < 1.29 is 19.1 Å². The van der Waals surface area contributed by atoms with Crippen molar-refractivity contribution in [1.82, 2.24) is 5.32 Å². The minimum Gasteiger partial charge on any atom is -0.497 e. The Morgan fingerprint density at radius 1 is 0.963 bits per heavy atom. The van der Waals surface area contributed by atoms with Crippen LogP contribution >= 0.6 is 0 Å². The number of carbonyl (C=O) groups excluding carboxylic acids is 2. The van der Waals surface area contributed by atoms with Gasteiger partial charge in [-0.05, 0) is 80.0 Å². The van der Waals surface area contributed by atoms with E-state index >= 15 is 0 Å². The highest BCUT2D eigenvalue weighted by Crippen LogP contribution is 2.59. The van der Waals surface area contributed by atoms with Gasteiger partial charge >= 0.3 is 11.8 Å². The first-order valence-corrected chi connectivity index (χ1v) is 9.82. The van der Waals surface area contributed by atoms with Gasteiger partial charge in [0.1, 0.15) is 5.75 Å². The molecule has 27 heavy (non-hydrogen) atoms. The van der Waals surface area contributed by atoms with Crippen LogP contribution in [0, 0.1) is 23.7 Å². The number of anilines is 1. The van der Waals surface area contributed by atoms with Gasteiger partial charge in [-0.15, -0.1) is 0 Å². The lowest BCUT2D eigenvalue weighted by atomic mass is 9.49. The summed E-state index contributed by atoms with van der Waals surface area (Å²) in [6, 6.07) is 6.89. The molecule has 0 aliphatic heterocycles. The molecule has 0 radical (unpaired) electrons. The Morgan fingerprint density at radius 2 is 1.56 bits per heavy atom. The van der Waals surface area contributed by atoms with Crippen LogP contribution in [-0.4, -0.2) is 38.2 Å². The molecule has 0 spiro atoms. The van der Waals surface area contributed by atoms with Gasteiger partial charge in [0.25, 0.3) is 0 Å². The van der Waals surface area contributed by atoms with Gasteiger partial charge in [0.2, 0.25) is 0 Å². The Labute approximate surface area is 160 Å². The van der Waals surface area contributed by atoms with Crippen molar-refractivity contribution in [3.05, 3.63) is 24.3 Å². The molecule has 1 aromatic rings. The summed E-state index contributed by atoms with van der Waals surface area (Å²) >= 11 is 0. The molecule has 4 aliphatic rings. The second-order valence-electron chi connectivity index (χ2n) is 8.33. The third-order valence-corrected chi connectivity index (χ3v) is 6.98. The Kier molecular flexibility index (Phi) is 4.84. The van der Waals surface area contributed by atoms with E-state index in [9.17, 15) is 9.59 Å². The molecule has 2 amide bonds. The summed E-state index contributed by atoms with van der Waals surface area (Å²) in [5.74, 6) is 2.05. The van der Waals surface area contributed by atoms with Crippen LogP contribution < -0.4 is 15.4 Å². The first-order chi connectivity index (χ1) is 13.0. The molecule has 0 aromatic heterocycles. The van der Waals surface area contributed by atoms with Crippen molar-refractivity contribution in [1.29, 1.82) is 0 Å². The van der Waals surface area contributed by atoms with Crippen molar-refractivity contribution in [3.8, 4) is 5.75 Å². The summed E-state index contributed by atoms with van der Waals surface area (Å²) in [7, 11) is 3.34. The molecule has 1 aromatic carbocycles. The number of nitrogens with one attached hydrogen (secondary N) is 2. The molecule has 2 N–H and O–H groups in total. The number of benzene rings is 1. The van der Waals surface area contributed by atoms with Crippen LogP contribution in [-0.2, 0) is 14.3 Å². The lowest BCUT2D eigenvalue weighted by molar-refractivity contribution is -0.188. The van der Waals surface area contributed by atoms with Crippen LogP contribution in [0.2, 0.25) is 0 Å². The highest BCUT2D eigenvalue weighted by molar-refractivity contribution is 6.39. The molecule has 4 saturated carbocycles. The van der Waals surface area contributed by atoms with E-state index in [1.165, 1.54) is 32.1 Å². The zero-order chi connectivity index (χ0) is 19.0. The Bertz CT molecular complexity index is 687. The number of amides is 2. The summed E-state index contributed by atoms with van der Waals surface area (Å²) in [5.41, 5.74) is 0.246. The van der Waals surface area contributed by atoms with Crippen LogP contribution in [0.4, 0.5) is 5.69 Å². The van der Waals surface area contributed by atoms with Crippen molar-refractivity contribution >= 4 is 17.5 Å². The summed E-state index contributed by atoms with van der Waals surface area (Å²) in [5, 5.41) is 5.47. The quantitative estimate of drug-likeness (QED) is 0.779. The summed E-state index contributed by atoms with van der Waals surface area (Å²) in [6.07, 6.45) is 6.12. The number of carbonyl (C=O) groups is 2. The van der Waals surface area contributed by atoms with Crippen LogP contribution in [0.1, 0.15) is 32.1 Å². The van der Waals surface area contributed by atoms with E-state index in [4.69, 9.17) is 9.47 Å². The van der Waals surface area contributed by atoms with E-state index in [0.717, 1.165) is 11.8 Å². The highest BCUT2D eigenvalue weighted by Gasteiger charge is 2.57. The van der Waals surface area contributed by atoms with Crippen molar-refractivity contribution in [2.75, 3.05) is 26.1 Å². The van der Waals surface area contributed by atoms with Crippen LogP contribution in [0.3, 0.4) is 0 Å². The van der Waals surface area contributed by atoms with Gasteiger partial charge in [0, 0.05) is 19.3 Å². The van der Waals surface area contributed by atoms with Crippen molar-refractivity contribution in [2.24, 2.45) is 23.7 Å². The van der Waals surface area contributed by atoms with Gasteiger partial charge in [-0.25, -0.2) is 0 Å². The third-order valence-electron chi connectivity index (χ3n) is 6.98. The van der Waals surface area contributed by atoms with E-state index in [2.05, 4.69) is 10.6 Å².